The SMILES string of the molecule is CCCOc1ccc([C@H]2C(C(=O)O)[C@@H](c3ccc4c(c3)OCCO4)CN2CC(=O)Nc2c(CC)cc(F)cc2CC)c(F)c1. The third-order valence-electron chi connectivity index (χ3n) is 8.28. The number of hydrogen-bond acceptors (Lipinski definition) is 6. The molecule has 0 aromatic heterocycles. The average molecular weight is 609 g/mol. The maximum Gasteiger partial charge on any atom is 0.309 e. The summed E-state index contributed by atoms with van der Waals surface area (Å²) in [7, 11) is 0. The number of nitrogens with zero attached hydrogens (tertiary/aromatic N) is 1. The number of carbonyl (C=O) groups is 2. The van der Waals surface area contributed by atoms with E-state index in [2.05, 4.69) is 5.32 Å². The van der Waals surface area contributed by atoms with Gasteiger partial charge in [-0.05, 0) is 66.3 Å². The fourth-order valence-corrected chi connectivity index (χ4v) is 6.25. The fraction of sp³-hybridized carbons (Fsp3) is 0.412. The quantitative estimate of drug-likeness (QED) is 0.270. The molecular weight excluding hydrogens is 570 g/mol. The van der Waals surface area contributed by atoms with Crippen LogP contribution in [0.15, 0.2) is 48.5 Å². The van der Waals surface area contributed by atoms with Crippen LogP contribution in [0.2, 0.25) is 0 Å². The molecule has 3 aromatic rings. The van der Waals surface area contributed by atoms with Crippen LogP contribution in [0.4, 0.5) is 14.5 Å². The molecule has 1 amide bonds. The minimum Gasteiger partial charge on any atom is -0.494 e. The van der Waals surface area contributed by atoms with Crippen molar-refractivity contribution >= 4 is 17.6 Å². The highest BCUT2D eigenvalue weighted by molar-refractivity contribution is 5.94. The number of ether oxygens (including phenoxy) is 3. The molecule has 2 heterocycles. The second kappa shape index (κ2) is 13.6. The van der Waals surface area contributed by atoms with Crippen molar-refractivity contribution < 1.29 is 37.7 Å². The first kappa shape index (κ1) is 31.3. The highest BCUT2D eigenvalue weighted by Crippen LogP contribution is 2.48. The van der Waals surface area contributed by atoms with E-state index in [0.29, 0.717) is 72.3 Å². The van der Waals surface area contributed by atoms with Gasteiger partial charge in [0.25, 0.3) is 0 Å². The van der Waals surface area contributed by atoms with E-state index >= 15 is 4.39 Å². The lowest BCUT2D eigenvalue weighted by Gasteiger charge is -2.28. The Morgan fingerprint density at radius 1 is 0.977 bits per heavy atom. The topological polar surface area (TPSA) is 97.3 Å². The van der Waals surface area contributed by atoms with Crippen LogP contribution in [0.3, 0.4) is 0 Å². The molecule has 44 heavy (non-hydrogen) atoms. The lowest BCUT2D eigenvalue weighted by molar-refractivity contribution is -0.143. The van der Waals surface area contributed by atoms with Crippen molar-refractivity contribution in [3.8, 4) is 17.2 Å². The summed E-state index contributed by atoms with van der Waals surface area (Å²) in [6.07, 6.45) is 1.77. The van der Waals surface area contributed by atoms with E-state index in [-0.39, 0.29) is 24.5 Å². The Balaban J connectivity index is 1.51. The second-order valence-electron chi connectivity index (χ2n) is 11.1. The minimum absolute atomic E-state index is 0.166. The van der Waals surface area contributed by atoms with Gasteiger partial charge < -0.3 is 24.6 Å². The zero-order valence-corrected chi connectivity index (χ0v) is 25.2. The largest absolute Gasteiger partial charge is 0.494 e. The monoisotopic (exact) mass is 608 g/mol. The predicted molar refractivity (Wildman–Crippen MR) is 162 cm³/mol. The van der Waals surface area contributed by atoms with Crippen molar-refractivity contribution in [2.45, 2.75) is 52.0 Å². The number of halogens is 2. The van der Waals surface area contributed by atoms with Crippen molar-refractivity contribution in [3.63, 3.8) is 0 Å². The standard InChI is InChI=1S/C34H38F2N2O6/c1-4-11-42-24-8-9-25(27(36)17-24)33-31(34(40)41)26(22-7-10-28-29(16-22)44-13-12-43-28)18-38(33)19-30(39)37-32-20(5-2)14-23(35)15-21(32)6-3/h7-10,14-17,26,31,33H,4-6,11-13,18-19H2,1-3H3,(H,37,39)(H,40,41)/t26-,31?,33+/m1/s1. The number of aliphatic carboxylic acids is 1. The molecule has 0 spiro atoms. The van der Waals surface area contributed by atoms with E-state index in [1.165, 1.54) is 18.2 Å². The molecule has 10 heteroatoms. The maximum atomic E-state index is 15.7. The molecule has 0 bridgehead atoms. The molecule has 3 atom stereocenters. The molecule has 2 aliphatic rings. The predicted octanol–water partition coefficient (Wildman–Crippen LogP) is 6.13. The van der Waals surface area contributed by atoms with Crippen LogP contribution < -0.4 is 19.5 Å². The number of carboxylic acids is 1. The third kappa shape index (κ3) is 6.50. The van der Waals surface area contributed by atoms with E-state index in [1.54, 1.807) is 35.2 Å². The van der Waals surface area contributed by atoms with Crippen molar-refractivity contribution in [1.29, 1.82) is 0 Å². The van der Waals surface area contributed by atoms with Crippen molar-refractivity contribution in [2.24, 2.45) is 5.92 Å². The number of amides is 1. The van der Waals surface area contributed by atoms with Crippen LogP contribution in [-0.2, 0) is 22.4 Å². The Hall–Kier alpha value is -4.18. The second-order valence-corrected chi connectivity index (χ2v) is 11.1. The molecule has 0 aliphatic carbocycles. The Morgan fingerprint density at radius 2 is 1.68 bits per heavy atom. The normalized spacial score (nSPS) is 19.5. The molecule has 1 saturated heterocycles. The summed E-state index contributed by atoms with van der Waals surface area (Å²) in [5, 5.41) is 13.5. The molecule has 5 rings (SSSR count). The Morgan fingerprint density at radius 3 is 2.32 bits per heavy atom. The number of anilines is 1. The molecule has 8 nitrogen and oxygen atoms in total. The number of hydrogen-bond donors (Lipinski definition) is 2. The smallest absolute Gasteiger partial charge is 0.309 e. The van der Waals surface area contributed by atoms with Crippen LogP contribution in [0.5, 0.6) is 17.2 Å². The van der Waals surface area contributed by atoms with Gasteiger partial charge in [0.05, 0.1) is 25.1 Å². The number of rotatable bonds is 11. The molecule has 234 valence electrons. The Bertz CT molecular complexity index is 1500. The first-order valence-corrected chi connectivity index (χ1v) is 15.1. The third-order valence-corrected chi connectivity index (χ3v) is 8.28. The van der Waals surface area contributed by atoms with Gasteiger partial charge >= 0.3 is 5.97 Å². The number of nitrogens with one attached hydrogen (secondary N) is 1. The van der Waals surface area contributed by atoms with Crippen molar-refractivity contribution in [1.82, 2.24) is 4.90 Å². The van der Waals surface area contributed by atoms with Crippen molar-refractivity contribution in [3.05, 3.63) is 82.4 Å². The Labute approximate surface area is 255 Å². The molecule has 2 N–H and O–H groups in total. The number of aryl methyl sites for hydroxylation is 2. The van der Waals surface area contributed by atoms with Crippen LogP contribution in [0, 0.1) is 17.6 Å². The van der Waals surface area contributed by atoms with E-state index in [1.807, 2.05) is 20.8 Å². The van der Waals surface area contributed by atoms with Gasteiger partial charge in [0.15, 0.2) is 11.5 Å². The highest BCUT2D eigenvalue weighted by atomic mass is 19.1. The van der Waals surface area contributed by atoms with Gasteiger partial charge in [0, 0.05) is 29.8 Å². The lowest BCUT2D eigenvalue weighted by atomic mass is 9.82. The maximum absolute atomic E-state index is 15.7. The number of likely N-dealkylation sites (tertiary alicyclic amines) is 1. The summed E-state index contributed by atoms with van der Waals surface area (Å²) in [6.45, 7) is 6.89. The summed E-state index contributed by atoms with van der Waals surface area (Å²) in [6, 6.07) is 11.6. The lowest BCUT2D eigenvalue weighted by Crippen LogP contribution is -2.36. The van der Waals surface area contributed by atoms with Crippen molar-refractivity contribution in [2.75, 3.05) is 38.2 Å². The zero-order valence-electron chi connectivity index (χ0n) is 25.2. The van der Waals surface area contributed by atoms with Crippen LogP contribution in [-0.4, -0.2) is 54.8 Å². The molecule has 3 aromatic carbocycles. The number of benzene rings is 3. The summed E-state index contributed by atoms with van der Waals surface area (Å²) in [5.41, 5.74) is 2.75. The Kier molecular flexibility index (Phi) is 9.68. The van der Waals surface area contributed by atoms with Gasteiger partial charge in [-0.2, -0.15) is 0 Å². The van der Waals surface area contributed by atoms with Gasteiger partial charge in [0.1, 0.15) is 30.6 Å². The summed E-state index contributed by atoms with van der Waals surface area (Å²) < 4.78 is 46.9. The van der Waals surface area contributed by atoms with Gasteiger partial charge in [-0.1, -0.05) is 32.9 Å². The van der Waals surface area contributed by atoms with Gasteiger partial charge in [0.2, 0.25) is 5.91 Å². The van der Waals surface area contributed by atoms with Gasteiger partial charge in [-0.25, -0.2) is 8.78 Å². The average Bonchev–Trinajstić information content (AvgIpc) is 3.39. The van der Waals surface area contributed by atoms with E-state index in [0.717, 1.165) is 6.42 Å². The van der Waals surface area contributed by atoms with Gasteiger partial charge in [-0.3, -0.25) is 14.5 Å². The molecule has 0 saturated carbocycles. The highest BCUT2D eigenvalue weighted by Gasteiger charge is 2.49. The van der Waals surface area contributed by atoms with Gasteiger partial charge in [-0.15, -0.1) is 0 Å². The van der Waals surface area contributed by atoms with E-state index in [4.69, 9.17) is 14.2 Å². The van der Waals surface area contributed by atoms with E-state index < -0.39 is 35.6 Å². The number of carboxylic acid groups (broad SMARTS) is 1. The summed E-state index contributed by atoms with van der Waals surface area (Å²) in [4.78, 5) is 28.2. The van der Waals surface area contributed by atoms with E-state index in [9.17, 15) is 19.1 Å². The molecular formula is C34H38F2N2O6. The zero-order chi connectivity index (χ0) is 31.4. The first-order chi connectivity index (χ1) is 21.2. The number of carbonyl (C=O) groups excluding carboxylic acids is 1. The molecule has 1 fully saturated rings. The summed E-state index contributed by atoms with van der Waals surface area (Å²) >= 11 is 0. The minimum atomic E-state index is -1.11. The molecule has 0 radical (unpaired) electrons. The summed E-state index contributed by atoms with van der Waals surface area (Å²) in [5.74, 6) is -2.71. The van der Waals surface area contributed by atoms with Crippen LogP contribution in [0.25, 0.3) is 0 Å². The molecule has 1 unspecified atom stereocenters. The van der Waals surface area contributed by atoms with Crippen LogP contribution >= 0.6 is 0 Å². The number of fused-ring (bicyclic) bond motifs is 1. The van der Waals surface area contributed by atoms with Crippen LogP contribution in [0.1, 0.15) is 61.4 Å². The fourth-order valence-electron chi connectivity index (χ4n) is 6.25. The molecule has 2 aliphatic heterocycles. The first-order valence-electron chi connectivity index (χ1n) is 15.1.